The minimum absolute atomic E-state index is 0.0685. The second-order valence-electron chi connectivity index (χ2n) is 6.65. The van der Waals surface area contributed by atoms with Crippen molar-refractivity contribution in [3.05, 3.63) is 79.4 Å². The monoisotopic (exact) mass is 503 g/mol. The van der Waals surface area contributed by atoms with Crippen molar-refractivity contribution in [2.24, 2.45) is 4.99 Å². The Balaban J connectivity index is 1.54. The van der Waals surface area contributed by atoms with Crippen LogP contribution in [0.1, 0.15) is 12.7 Å². The number of amidine groups is 1. The number of amides is 1. The smallest absolute Gasteiger partial charge is 0.288 e. The van der Waals surface area contributed by atoms with E-state index in [0.717, 1.165) is 5.75 Å². The predicted octanol–water partition coefficient (Wildman–Crippen LogP) is 6.45. The number of nitrogens with zero attached hydrogens (tertiary/aromatic N) is 2. The summed E-state index contributed by atoms with van der Waals surface area (Å²) < 4.78 is 11.2. The number of ether oxygens (including phenoxy) is 1. The van der Waals surface area contributed by atoms with Crippen molar-refractivity contribution in [1.29, 1.82) is 0 Å². The lowest BCUT2D eigenvalue weighted by molar-refractivity contribution is -0.384. The maximum atomic E-state index is 12.4. The number of benzene rings is 2. The third kappa shape index (κ3) is 5.22. The number of halogens is 2. The van der Waals surface area contributed by atoms with Gasteiger partial charge in [0, 0.05) is 17.7 Å². The molecule has 168 valence electrons. The number of hydrogen-bond donors (Lipinski definition) is 1. The van der Waals surface area contributed by atoms with Crippen LogP contribution >= 0.6 is 35.0 Å². The number of carbonyl (C=O) groups excluding carboxylic acids is 1. The Labute approximate surface area is 202 Å². The lowest BCUT2D eigenvalue weighted by Crippen LogP contribution is -2.19. The number of nitro groups is 1. The standard InChI is InChI=1S/C22H15Cl2N3O5S/c1-2-31-13-5-3-12(4-6-13)25-22-26-21(28)20(33-22)9-14-7-8-19(32-14)15-10-18(27(29)30)17(24)11-16(15)23/h3-11H,2H2,1H3,(H,25,26,28)/b20-9+. The molecule has 2 aromatic carbocycles. The van der Waals surface area contributed by atoms with E-state index in [0.29, 0.717) is 39.5 Å². The number of nitrogens with one attached hydrogen (secondary N) is 1. The van der Waals surface area contributed by atoms with Crippen LogP contribution in [0.4, 0.5) is 11.4 Å². The number of thioether (sulfide) groups is 1. The molecule has 1 saturated heterocycles. The Morgan fingerprint density at radius 3 is 2.64 bits per heavy atom. The topological polar surface area (TPSA) is 107 Å². The maximum absolute atomic E-state index is 12.4. The summed E-state index contributed by atoms with van der Waals surface area (Å²) >= 11 is 13.2. The first-order valence-electron chi connectivity index (χ1n) is 9.60. The number of hydrogen-bond acceptors (Lipinski definition) is 7. The van der Waals surface area contributed by atoms with E-state index in [-0.39, 0.29) is 21.6 Å². The second-order valence-corrected chi connectivity index (χ2v) is 8.50. The molecule has 33 heavy (non-hydrogen) atoms. The fraction of sp³-hybridized carbons (Fsp3) is 0.0909. The van der Waals surface area contributed by atoms with Gasteiger partial charge in [0.25, 0.3) is 11.6 Å². The highest BCUT2D eigenvalue weighted by molar-refractivity contribution is 8.18. The molecular formula is C22H15Cl2N3O5S. The molecule has 1 aliphatic heterocycles. The van der Waals surface area contributed by atoms with Gasteiger partial charge in [0.05, 0.1) is 27.1 Å². The van der Waals surface area contributed by atoms with Gasteiger partial charge in [-0.25, -0.2) is 4.99 Å². The first-order valence-corrected chi connectivity index (χ1v) is 11.2. The summed E-state index contributed by atoms with van der Waals surface area (Å²) in [5.74, 6) is 1.10. The van der Waals surface area contributed by atoms with Crippen molar-refractivity contribution in [1.82, 2.24) is 5.32 Å². The molecule has 0 saturated carbocycles. The summed E-state index contributed by atoms with van der Waals surface area (Å²) in [6.07, 6.45) is 1.56. The Hall–Kier alpha value is -3.27. The third-order valence-corrected chi connectivity index (χ3v) is 5.95. The fourth-order valence-electron chi connectivity index (χ4n) is 2.95. The Kier molecular flexibility index (Phi) is 6.73. The maximum Gasteiger partial charge on any atom is 0.288 e. The van der Waals surface area contributed by atoms with E-state index in [9.17, 15) is 14.9 Å². The van der Waals surface area contributed by atoms with Crippen molar-refractivity contribution in [3.63, 3.8) is 0 Å². The van der Waals surface area contributed by atoms with Gasteiger partial charge in [-0.2, -0.15) is 0 Å². The third-order valence-electron chi connectivity index (χ3n) is 4.43. The van der Waals surface area contributed by atoms with E-state index in [4.69, 9.17) is 32.4 Å². The van der Waals surface area contributed by atoms with Crippen molar-refractivity contribution >= 4 is 63.5 Å². The molecule has 1 amide bonds. The molecule has 0 radical (unpaired) electrons. The summed E-state index contributed by atoms with van der Waals surface area (Å²) in [5.41, 5.74) is 0.702. The SMILES string of the molecule is CCOc1ccc(N=C2NC(=O)/C(=C\c3ccc(-c4cc([N+](=O)[O-])c(Cl)cc4Cl)o3)S2)cc1. The zero-order valence-electron chi connectivity index (χ0n) is 17.0. The lowest BCUT2D eigenvalue weighted by Gasteiger charge is -2.02. The van der Waals surface area contributed by atoms with Crippen LogP contribution in [-0.4, -0.2) is 22.6 Å². The summed E-state index contributed by atoms with van der Waals surface area (Å²) in [5, 5.41) is 14.4. The normalized spacial score (nSPS) is 15.8. The Bertz CT molecular complexity index is 1300. The first kappa shape index (κ1) is 22.9. The number of furan rings is 1. The van der Waals surface area contributed by atoms with Gasteiger partial charge in [0.15, 0.2) is 5.17 Å². The minimum atomic E-state index is -0.598. The lowest BCUT2D eigenvalue weighted by atomic mass is 10.1. The van der Waals surface area contributed by atoms with Crippen molar-refractivity contribution < 1.29 is 18.9 Å². The second kappa shape index (κ2) is 9.70. The molecule has 0 atom stereocenters. The van der Waals surface area contributed by atoms with E-state index in [2.05, 4.69) is 10.3 Å². The van der Waals surface area contributed by atoms with Gasteiger partial charge < -0.3 is 14.5 Å². The molecule has 3 aromatic rings. The fourth-order valence-corrected chi connectivity index (χ4v) is 4.32. The molecule has 2 heterocycles. The van der Waals surface area contributed by atoms with Crippen LogP contribution in [-0.2, 0) is 4.79 Å². The number of rotatable bonds is 6. The molecule has 8 nitrogen and oxygen atoms in total. The molecule has 0 aliphatic carbocycles. The zero-order valence-corrected chi connectivity index (χ0v) is 19.3. The van der Waals surface area contributed by atoms with E-state index < -0.39 is 4.92 Å². The van der Waals surface area contributed by atoms with Gasteiger partial charge in [-0.15, -0.1) is 0 Å². The molecule has 0 unspecified atom stereocenters. The van der Waals surface area contributed by atoms with Crippen LogP contribution in [0.3, 0.4) is 0 Å². The van der Waals surface area contributed by atoms with Gasteiger partial charge >= 0.3 is 0 Å². The van der Waals surface area contributed by atoms with E-state index in [1.54, 1.807) is 42.5 Å². The van der Waals surface area contributed by atoms with E-state index in [1.807, 2.05) is 6.92 Å². The van der Waals surface area contributed by atoms with Crippen molar-refractivity contribution in [2.75, 3.05) is 6.61 Å². The highest BCUT2D eigenvalue weighted by Crippen LogP contribution is 2.38. The summed E-state index contributed by atoms with van der Waals surface area (Å²) in [4.78, 5) is 27.7. The zero-order chi connectivity index (χ0) is 23.5. The summed E-state index contributed by atoms with van der Waals surface area (Å²) in [7, 11) is 0. The molecule has 1 aliphatic rings. The molecule has 0 spiro atoms. The molecule has 11 heteroatoms. The van der Waals surface area contributed by atoms with Crippen molar-refractivity contribution in [2.45, 2.75) is 6.92 Å². The minimum Gasteiger partial charge on any atom is -0.494 e. The quantitative estimate of drug-likeness (QED) is 0.235. The molecule has 1 N–H and O–H groups in total. The van der Waals surface area contributed by atoms with Crippen LogP contribution in [0.15, 0.2) is 62.8 Å². The number of carbonyl (C=O) groups is 1. The van der Waals surface area contributed by atoms with Crippen molar-refractivity contribution in [3.8, 4) is 17.1 Å². The molecular weight excluding hydrogens is 489 g/mol. The Morgan fingerprint density at radius 1 is 1.18 bits per heavy atom. The first-order chi connectivity index (χ1) is 15.8. The van der Waals surface area contributed by atoms with Gasteiger partial charge in [-0.05, 0) is 61.2 Å². The van der Waals surface area contributed by atoms with Crippen LogP contribution in [0.5, 0.6) is 5.75 Å². The van der Waals surface area contributed by atoms with Crippen LogP contribution in [0, 0.1) is 10.1 Å². The van der Waals surface area contributed by atoms with Gasteiger partial charge in [0.2, 0.25) is 0 Å². The molecule has 1 fully saturated rings. The van der Waals surface area contributed by atoms with Crippen LogP contribution in [0.2, 0.25) is 10.0 Å². The van der Waals surface area contributed by atoms with Gasteiger partial charge in [-0.3, -0.25) is 14.9 Å². The predicted molar refractivity (Wildman–Crippen MR) is 129 cm³/mol. The Morgan fingerprint density at radius 2 is 1.94 bits per heavy atom. The average molecular weight is 504 g/mol. The van der Waals surface area contributed by atoms with E-state index >= 15 is 0 Å². The largest absolute Gasteiger partial charge is 0.494 e. The number of aliphatic imine (C=N–C) groups is 1. The molecule has 0 bridgehead atoms. The molecule has 4 rings (SSSR count). The van der Waals surface area contributed by atoms with Gasteiger partial charge in [0.1, 0.15) is 22.3 Å². The van der Waals surface area contributed by atoms with Crippen LogP contribution < -0.4 is 10.1 Å². The van der Waals surface area contributed by atoms with E-state index in [1.165, 1.54) is 23.9 Å². The number of nitro benzene ring substituents is 1. The average Bonchev–Trinajstić information content (AvgIpc) is 3.36. The van der Waals surface area contributed by atoms with Gasteiger partial charge in [-0.1, -0.05) is 23.2 Å². The summed E-state index contributed by atoms with van der Waals surface area (Å²) in [6, 6.07) is 13.0. The highest BCUT2D eigenvalue weighted by atomic mass is 35.5. The van der Waals surface area contributed by atoms with Crippen LogP contribution in [0.25, 0.3) is 17.4 Å². The molecule has 1 aromatic heterocycles. The highest BCUT2D eigenvalue weighted by Gasteiger charge is 2.25. The summed E-state index contributed by atoms with van der Waals surface area (Å²) in [6.45, 7) is 2.48.